The summed E-state index contributed by atoms with van der Waals surface area (Å²) in [6.45, 7) is 2.37. The van der Waals surface area contributed by atoms with Crippen molar-refractivity contribution in [2.24, 2.45) is 0 Å². The number of aryl methyl sites for hydroxylation is 1. The molecule has 0 amide bonds. The van der Waals surface area contributed by atoms with Crippen LogP contribution in [0.15, 0.2) is 12.4 Å². The number of hydrogen-bond acceptors (Lipinski definition) is 4. The molecule has 0 unspecified atom stereocenters. The maximum Gasteiger partial charge on any atom is 0.256 e. The van der Waals surface area contributed by atoms with Crippen molar-refractivity contribution in [1.82, 2.24) is 19.6 Å². The Labute approximate surface area is 81.2 Å². The molecule has 0 spiro atoms. The summed E-state index contributed by atoms with van der Waals surface area (Å²) in [6, 6.07) is 1.90. The fourth-order valence-electron chi connectivity index (χ4n) is 1.21. The topological polar surface area (TPSA) is 55.1 Å². The van der Waals surface area contributed by atoms with E-state index in [1.807, 2.05) is 13.0 Å². The molecule has 0 bridgehead atoms. The van der Waals surface area contributed by atoms with E-state index in [1.165, 1.54) is 0 Å². The van der Waals surface area contributed by atoms with Crippen molar-refractivity contribution >= 4 is 11.6 Å². The molecule has 2 heterocycles. The van der Waals surface area contributed by atoms with Gasteiger partial charge in [-0.15, -0.1) is 16.6 Å². The number of fused-ring (bicyclic) bond motifs is 1. The molecule has 0 aliphatic rings. The molecular formula is C9H9N5. The van der Waals surface area contributed by atoms with Crippen molar-refractivity contribution in [3.63, 3.8) is 0 Å². The Bertz CT molecular complexity index is 493. The van der Waals surface area contributed by atoms with Crippen LogP contribution >= 0.6 is 0 Å². The zero-order valence-corrected chi connectivity index (χ0v) is 7.73. The number of aromatic nitrogens is 4. The molecule has 70 valence electrons. The molecule has 0 saturated heterocycles. The molecule has 1 N–H and O–H groups in total. The lowest BCUT2D eigenvalue weighted by Crippen LogP contribution is -2.05. The lowest BCUT2D eigenvalue weighted by molar-refractivity contribution is 1.06. The first kappa shape index (κ1) is 8.51. The van der Waals surface area contributed by atoms with Crippen LogP contribution in [-0.4, -0.2) is 26.1 Å². The highest BCUT2D eigenvalue weighted by atomic mass is 15.3. The van der Waals surface area contributed by atoms with E-state index in [2.05, 4.69) is 26.4 Å². The summed E-state index contributed by atoms with van der Waals surface area (Å²) in [5, 5.41) is 10.7. The number of nitrogens with zero attached hydrogens (tertiary/aromatic N) is 4. The fourth-order valence-corrected chi connectivity index (χ4v) is 1.21. The van der Waals surface area contributed by atoms with Crippen molar-refractivity contribution < 1.29 is 0 Å². The van der Waals surface area contributed by atoms with Gasteiger partial charge in [0.25, 0.3) is 5.78 Å². The molecule has 5 nitrogen and oxygen atoms in total. The Balaban J connectivity index is 2.51. The Hall–Kier alpha value is -2.09. The summed E-state index contributed by atoms with van der Waals surface area (Å²) in [5.74, 6) is 3.94. The predicted octanol–water partition coefficient (Wildman–Crippen LogP) is 0.478. The highest BCUT2D eigenvalue weighted by Crippen LogP contribution is 2.09. The molecule has 0 saturated carbocycles. The molecule has 0 fully saturated rings. The van der Waals surface area contributed by atoms with Crippen LogP contribution < -0.4 is 5.32 Å². The molecule has 0 radical (unpaired) electrons. The number of terminal acetylenes is 1. The summed E-state index contributed by atoms with van der Waals surface area (Å²) in [7, 11) is 0. The Morgan fingerprint density at radius 3 is 3.29 bits per heavy atom. The lowest BCUT2D eigenvalue weighted by Gasteiger charge is -2.05. The van der Waals surface area contributed by atoms with Crippen LogP contribution in [-0.2, 0) is 0 Å². The molecule has 0 aliphatic heterocycles. The van der Waals surface area contributed by atoms with Gasteiger partial charge in [0.2, 0.25) is 0 Å². The lowest BCUT2D eigenvalue weighted by atomic mass is 10.4. The summed E-state index contributed by atoms with van der Waals surface area (Å²) in [5.41, 5.74) is 0.880. The minimum Gasteiger partial charge on any atom is -0.360 e. The van der Waals surface area contributed by atoms with Gasteiger partial charge in [0, 0.05) is 11.8 Å². The highest BCUT2D eigenvalue weighted by molar-refractivity contribution is 5.46. The maximum absolute atomic E-state index is 5.17. The van der Waals surface area contributed by atoms with Crippen molar-refractivity contribution in [3.8, 4) is 12.3 Å². The SMILES string of the molecule is C#CCNc1cc(C)nc2nncn12. The standard InChI is InChI=1S/C9H9N5/c1-3-4-10-8-5-7(2)12-9-13-11-6-14(8)9/h1,5-6,10H,4H2,2H3. The number of nitrogens with one attached hydrogen (secondary N) is 1. The van der Waals surface area contributed by atoms with Crippen molar-refractivity contribution in [1.29, 1.82) is 0 Å². The number of rotatable bonds is 2. The van der Waals surface area contributed by atoms with Crippen molar-refractivity contribution in [2.75, 3.05) is 11.9 Å². The van der Waals surface area contributed by atoms with E-state index < -0.39 is 0 Å². The van der Waals surface area contributed by atoms with E-state index >= 15 is 0 Å². The van der Waals surface area contributed by atoms with Crippen molar-refractivity contribution in [2.45, 2.75) is 6.92 Å². The molecular weight excluding hydrogens is 178 g/mol. The first-order chi connectivity index (χ1) is 6.81. The quantitative estimate of drug-likeness (QED) is 0.695. The first-order valence-electron chi connectivity index (χ1n) is 4.16. The van der Waals surface area contributed by atoms with Crippen LogP contribution in [0.2, 0.25) is 0 Å². The van der Waals surface area contributed by atoms with E-state index in [0.29, 0.717) is 12.3 Å². The summed E-state index contributed by atoms with van der Waals surface area (Å²) in [6.07, 6.45) is 6.76. The molecule has 2 aromatic rings. The first-order valence-corrected chi connectivity index (χ1v) is 4.16. The number of anilines is 1. The smallest absolute Gasteiger partial charge is 0.256 e. The summed E-state index contributed by atoms with van der Waals surface area (Å²) < 4.78 is 1.75. The Kier molecular flexibility index (Phi) is 2.03. The van der Waals surface area contributed by atoms with E-state index in [0.717, 1.165) is 11.5 Å². The zero-order chi connectivity index (χ0) is 9.97. The van der Waals surface area contributed by atoms with E-state index in [4.69, 9.17) is 6.42 Å². The molecule has 0 atom stereocenters. The molecule has 14 heavy (non-hydrogen) atoms. The molecule has 0 aliphatic carbocycles. The van der Waals surface area contributed by atoms with Gasteiger partial charge in [0.1, 0.15) is 12.1 Å². The van der Waals surface area contributed by atoms with Gasteiger partial charge in [-0.05, 0) is 6.92 Å². The van der Waals surface area contributed by atoms with Crippen LogP contribution in [0.5, 0.6) is 0 Å². The molecule has 0 aromatic carbocycles. The van der Waals surface area contributed by atoms with Gasteiger partial charge in [-0.25, -0.2) is 4.98 Å². The van der Waals surface area contributed by atoms with Crippen LogP contribution in [0.25, 0.3) is 5.78 Å². The van der Waals surface area contributed by atoms with Crippen LogP contribution in [0, 0.1) is 19.3 Å². The normalized spacial score (nSPS) is 10.0. The maximum atomic E-state index is 5.17. The average molecular weight is 187 g/mol. The molecule has 5 heteroatoms. The Morgan fingerprint density at radius 2 is 2.50 bits per heavy atom. The van der Waals surface area contributed by atoms with E-state index in [9.17, 15) is 0 Å². The third-order valence-corrected chi connectivity index (χ3v) is 1.78. The second-order valence-corrected chi connectivity index (χ2v) is 2.84. The number of hydrogen-bond donors (Lipinski definition) is 1. The van der Waals surface area contributed by atoms with E-state index in [-0.39, 0.29) is 0 Å². The minimum atomic E-state index is 0.469. The average Bonchev–Trinajstić information content (AvgIpc) is 2.61. The van der Waals surface area contributed by atoms with Gasteiger partial charge in [0.15, 0.2) is 0 Å². The van der Waals surface area contributed by atoms with E-state index in [1.54, 1.807) is 10.7 Å². The van der Waals surface area contributed by atoms with Gasteiger partial charge in [-0.3, -0.25) is 4.40 Å². The Morgan fingerprint density at radius 1 is 1.64 bits per heavy atom. The molecule has 2 aromatic heterocycles. The highest BCUT2D eigenvalue weighted by Gasteiger charge is 2.03. The van der Waals surface area contributed by atoms with Gasteiger partial charge in [0.05, 0.1) is 6.54 Å². The molecule has 2 rings (SSSR count). The van der Waals surface area contributed by atoms with Crippen LogP contribution in [0.3, 0.4) is 0 Å². The minimum absolute atomic E-state index is 0.469. The largest absolute Gasteiger partial charge is 0.360 e. The van der Waals surface area contributed by atoms with Gasteiger partial charge >= 0.3 is 0 Å². The third-order valence-electron chi connectivity index (χ3n) is 1.78. The van der Waals surface area contributed by atoms with Crippen LogP contribution in [0.1, 0.15) is 5.69 Å². The second-order valence-electron chi connectivity index (χ2n) is 2.84. The third kappa shape index (κ3) is 1.38. The monoisotopic (exact) mass is 187 g/mol. The second kappa shape index (κ2) is 3.34. The fraction of sp³-hybridized carbons (Fsp3) is 0.222. The summed E-state index contributed by atoms with van der Waals surface area (Å²) in [4.78, 5) is 4.20. The van der Waals surface area contributed by atoms with Gasteiger partial charge < -0.3 is 5.32 Å². The van der Waals surface area contributed by atoms with Gasteiger partial charge in [-0.1, -0.05) is 5.92 Å². The van der Waals surface area contributed by atoms with Gasteiger partial charge in [-0.2, -0.15) is 0 Å². The summed E-state index contributed by atoms with van der Waals surface area (Å²) >= 11 is 0. The van der Waals surface area contributed by atoms with Crippen LogP contribution in [0.4, 0.5) is 5.82 Å². The predicted molar refractivity (Wildman–Crippen MR) is 52.8 cm³/mol. The zero-order valence-electron chi connectivity index (χ0n) is 7.73. The van der Waals surface area contributed by atoms with Crippen molar-refractivity contribution in [3.05, 3.63) is 18.1 Å².